The lowest BCUT2D eigenvalue weighted by Gasteiger charge is -2.20. The van der Waals surface area contributed by atoms with Crippen LogP contribution in [0.25, 0.3) is 0 Å². The van der Waals surface area contributed by atoms with Gasteiger partial charge in [-0.2, -0.15) is 10.2 Å². The molecule has 1 aromatic heterocycles. The number of aryl methyl sites for hydroxylation is 1. The van der Waals surface area contributed by atoms with Crippen molar-refractivity contribution in [3.63, 3.8) is 0 Å². The van der Waals surface area contributed by atoms with Crippen LogP contribution in [0.4, 0.5) is 11.5 Å². The SMILES string of the molecule is Cc1cccc(Cn2nccc2NC(=O)C2=NN(c3ccccc3)C(C(N)=O)C2)c1. The van der Waals surface area contributed by atoms with Crippen molar-refractivity contribution >= 4 is 29.0 Å². The van der Waals surface area contributed by atoms with Gasteiger partial charge in [-0.25, -0.2) is 4.68 Å². The van der Waals surface area contributed by atoms with E-state index < -0.39 is 11.9 Å². The molecule has 1 aliphatic heterocycles. The molecule has 3 aromatic rings. The van der Waals surface area contributed by atoms with E-state index in [2.05, 4.69) is 21.6 Å². The number of primary amides is 1. The lowest BCUT2D eigenvalue weighted by atomic mass is 10.1. The zero-order valence-corrected chi connectivity index (χ0v) is 16.5. The fourth-order valence-corrected chi connectivity index (χ4v) is 3.42. The molecule has 2 heterocycles. The third kappa shape index (κ3) is 4.07. The summed E-state index contributed by atoms with van der Waals surface area (Å²) in [5, 5.41) is 13.0. The number of hydrogen-bond donors (Lipinski definition) is 2. The Morgan fingerprint density at radius 2 is 1.93 bits per heavy atom. The summed E-state index contributed by atoms with van der Waals surface area (Å²) in [6.07, 6.45) is 1.77. The highest BCUT2D eigenvalue weighted by molar-refractivity contribution is 6.44. The van der Waals surface area contributed by atoms with Gasteiger partial charge in [0.05, 0.1) is 18.4 Å². The molecule has 2 aromatic carbocycles. The van der Waals surface area contributed by atoms with Crippen LogP contribution in [0, 0.1) is 6.92 Å². The summed E-state index contributed by atoms with van der Waals surface area (Å²) in [5.74, 6) is -0.362. The Bertz CT molecular complexity index is 1110. The van der Waals surface area contributed by atoms with Crippen molar-refractivity contribution in [2.75, 3.05) is 10.3 Å². The maximum Gasteiger partial charge on any atom is 0.273 e. The number of amides is 2. The van der Waals surface area contributed by atoms with Crippen LogP contribution in [0.1, 0.15) is 17.5 Å². The van der Waals surface area contributed by atoms with Crippen LogP contribution >= 0.6 is 0 Å². The van der Waals surface area contributed by atoms with Crippen LogP contribution in [0.15, 0.2) is 72.0 Å². The van der Waals surface area contributed by atoms with Gasteiger partial charge >= 0.3 is 0 Å². The standard InChI is InChI=1S/C22H22N6O2/c1-15-6-5-7-16(12-15)14-27-20(10-11-24-27)25-22(30)18-13-19(21(23)29)28(26-18)17-8-3-2-4-9-17/h2-12,19H,13-14H2,1H3,(H2,23,29)(H,25,30). The molecule has 8 nitrogen and oxygen atoms in total. The van der Waals surface area contributed by atoms with Crippen molar-refractivity contribution in [2.45, 2.75) is 25.9 Å². The van der Waals surface area contributed by atoms with Gasteiger partial charge in [0.2, 0.25) is 5.91 Å². The third-order valence-electron chi connectivity index (χ3n) is 4.89. The largest absolute Gasteiger partial charge is 0.368 e. The van der Waals surface area contributed by atoms with E-state index in [0.29, 0.717) is 18.1 Å². The van der Waals surface area contributed by atoms with Gasteiger partial charge in [0.25, 0.3) is 5.91 Å². The fourth-order valence-electron chi connectivity index (χ4n) is 3.42. The van der Waals surface area contributed by atoms with Crippen molar-refractivity contribution in [1.29, 1.82) is 0 Å². The predicted molar refractivity (Wildman–Crippen MR) is 115 cm³/mol. The topological polar surface area (TPSA) is 106 Å². The Labute approximate surface area is 174 Å². The number of anilines is 2. The number of benzene rings is 2. The molecule has 3 N–H and O–H groups in total. The number of carbonyl (C=O) groups excluding carboxylic acids is 2. The van der Waals surface area contributed by atoms with Crippen LogP contribution in [0.5, 0.6) is 0 Å². The van der Waals surface area contributed by atoms with Crippen LogP contribution in [0.2, 0.25) is 0 Å². The molecule has 1 atom stereocenters. The molecule has 2 amide bonds. The van der Waals surface area contributed by atoms with E-state index in [0.717, 1.165) is 11.1 Å². The van der Waals surface area contributed by atoms with Gasteiger partial charge < -0.3 is 11.1 Å². The van der Waals surface area contributed by atoms with Gasteiger partial charge in [0.1, 0.15) is 17.6 Å². The van der Waals surface area contributed by atoms with Crippen molar-refractivity contribution < 1.29 is 9.59 Å². The molecule has 0 saturated heterocycles. The predicted octanol–water partition coefficient (Wildman–Crippen LogP) is 2.30. The lowest BCUT2D eigenvalue weighted by molar-refractivity contribution is -0.119. The molecule has 0 saturated carbocycles. The molecular weight excluding hydrogens is 380 g/mol. The zero-order chi connectivity index (χ0) is 21.1. The molecule has 30 heavy (non-hydrogen) atoms. The molecule has 1 aliphatic rings. The average molecular weight is 402 g/mol. The minimum absolute atomic E-state index is 0.141. The number of para-hydroxylation sites is 1. The van der Waals surface area contributed by atoms with Gasteiger partial charge in [-0.05, 0) is 24.6 Å². The second-order valence-corrected chi connectivity index (χ2v) is 7.17. The first-order valence-corrected chi connectivity index (χ1v) is 9.61. The zero-order valence-electron chi connectivity index (χ0n) is 16.5. The van der Waals surface area contributed by atoms with E-state index in [9.17, 15) is 9.59 Å². The Morgan fingerprint density at radius 1 is 1.13 bits per heavy atom. The van der Waals surface area contributed by atoms with E-state index >= 15 is 0 Å². The highest BCUT2D eigenvalue weighted by Crippen LogP contribution is 2.24. The molecule has 0 fully saturated rings. The van der Waals surface area contributed by atoms with E-state index in [4.69, 9.17) is 5.73 Å². The average Bonchev–Trinajstić information content (AvgIpc) is 3.36. The monoisotopic (exact) mass is 402 g/mol. The first-order valence-electron chi connectivity index (χ1n) is 9.61. The maximum absolute atomic E-state index is 12.9. The molecule has 152 valence electrons. The number of nitrogens with one attached hydrogen (secondary N) is 1. The smallest absolute Gasteiger partial charge is 0.273 e. The van der Waals surface area contributed by atoms with Gasteiger partial charge in [0, 0.05) is 12.5 Å². The molecular formula is C22H22N6O2. The summed E-state index contributed by atoms with van der Waals surface area (Å²) >= 11 is 0. The van der Waals surface area contributed by atoms with Crippen LogP contribution in [0.3, 0.4) is 0 Å². The minimum Gasteiger partial charge on any atom is -0.368 e. The minimum atomic E-state index is -0.703. The van der Waals surface area contributed by atoms with Gasteiger partial charge in [0.15, 0.2) is 0 Å². The normalized spacial score (nSPS) is 15.7. The second kappa shape index (κ2) is 8.20. The molecule has 0 bridgehead atoms. The quantitative estimate of drug-likeness (QED) is 0.660. The van der Waals surface area contributed by atoms with Gasteiger partial charge in [-0.3, -0.25) is 14.6 Å². The van der Waals surface area contributed by atoms with Crippen molar-refractivity contribution in [3.8, 4) is 0 Å². The number of hydrazone groups is 1. The van der Waals surface area contributed by atoms with Crippen LogP contribution < -0.4 is 16.1 Å². The van der Waals surface area contributed by atoms with Gasteiger partial charge in [-0.15, -0.1) is 0 Å². The molecule has 0 aliphatic carbocycles. The number of rotatable bonds is 6. The third-order valence-corrected chi connectivity index (χ3v) is 4.89. The summed E-state index contributed by atoms with van der Waals surface area (Å²) in [6.45, 7) is 2.55. The summed E-state index contributed by atoms with van der Waals surface area (Å²) in [4.78, 5) is 24.8. The number of aromatic nitrogens is 2. The molecule has 0 radical (unpaired) electrons. The van der Waals surface area contributed by atoms with Crippen molar-refractivity contribution in [2.24, 2.45) is 10.8 Å². The number of nitrogens with zero attached hydrogens (tertiary/aromatic N) is 4. The Balaban J connectivity index is 1.52. The first-order chi connectivity index (χ1) is 14.5. The summed E-state index contributed by atoms with van der Waals surface area (Å²) in [5.41, 5.74) is 8.73. The second-order valence-electron chi connectivity index (χ2n) is 7.17. The summed E-state index contributed by atoms with van der Waals surface area (Å²) in [7, 11) is 0. The van der Waals surface area contributed by atoms with E-state index in [1.54, 1.807) is 16.9 Å². The van der Waals surface area contributed by atoms with Crippen LogP contribution in [-0.2, 0) is 16.1 Å². The van der Waals surface area contributed by atoms with Gasteiger partial charge in [-0.1, -0.05) is 48.0 Å². The highest BCUT2D eigenvalue weighted by atomic mass is 16.2. The van der Waals surface area contributed by atoms with Crippen molar-refractivity contribution in [1.82, 2.24) is 9.78 Å². The Hall–Kier alpha value is -3.94. The molecule has 0 spiro atoms. The first kappa shape index (κ1) is 19.4. The maximum atomic E-state index is 12.9. The summed E-state index contributed by atoms with van der Waals surface area (Å²) < 4.78 is 1.71. The number of carbonyl (C=O) groups is 2. The molecule has 1 unspecified atom stereocenters. The molecule has 8 heteroatoms. The lowest BCUT2D eigenvalue weighted by Crippen LogP contribution is -2.39. The number of nitrogens with two attached hydrogens (primary N) is 1. The number of hydrogen-bond acceptors (Lipinski definition) is 5. The van der Waals surface area contributed by atoms with E-state index in [1.165, 1.54) is 5.01 Å². The van der Waals surface area contributed by atoms with Crippen molar-refractivity contribution in [3.05, 3.63) is 78.0 Å². The summed E-state index contributed by atoms with van der Waals surface area (Å²) in [6, 6.07) is 18.3. The Kier molecular flexibility index (Phi) is 5.30. The van der Waals surface area contributed by atoms with E-state index in [1.807, 2.05) is 55.5 Å². The molecule has 4 rings (SSSR count). The van der Waals surface area contributed by atoms with E-state index in [-0.39, 0.29) is 18.0 Å². The highest BCUT2D eigenvalue weighted by Gasteiger charge is 2.35. The van der Waals surface area contributed by atoms with Crippen LogP contribution in [-0.4, -0.2) is 33.3 Å². The Morgan fingerprint density at radius 3 is 2.67 bits per heavy atom. The fraction of sp³-hybridized carbons (Fsp3) is 0.182.